The minimum absolute atomic E-state index is 0.0469. The second-order valence-corrected chi connectivity index (χ2v) is 4.39. The molecule has 1 aromatic rings. The van der Waals surface area contributed by atoms with E-state index >= 15 is 0 Å². The summed E-state index contributed by atoms with van der Waals surface area (Å²) in [5.41, 5.74) is 0.404. The number of nitriles is 1. The molecule has 0 atom stereocenters. The summed E-state index contributed by atoms with van der Waals surface area (Å²) in [6.07, 6.45) is 0.253. The van der Waals surface area contributed by atoms with E-state index in [9.17, 15) is 9.59 Å². The van der Waals surface area contributed by atoms with Crippen LogP contribution in [-0.2, 0) is 0 Å². The Bertz CT molecular complexity index is 518. The molecule has 1 rings (SSSR count). The molecule has 0 radical (unpaired) electrons. The van der Waals surface area contributed by atoms with E-state index in [-0.39, 0.29) is 23.9 Å². The molecular formula is C14H16N2O3. The second kappa shape index (κ2) is 6.55. The van der Waals surface area contributed by atoms with Gasteiger partial charge in [0.25, 0.3) is 5.91 Å². The first-order chi connectivity index (χ1) is 8.97. The van der Waals surface area contributed by atoms with Crippen molar-refractivity contribution in [1.29, 1.82) is 5.26 Å². The molecular weight excluding hydrogens is 244 g/mol. The van der Waals surface area contributed by atoms with Crippen molar-refractivity contribution in [1.82, 2.24) is 4.90 Å². The normalized spacial score (nSPS) is 10.0. The van der Waals surface area contributed by atoms with Crippen LogP contribution in [0.25, 0.3) is 0 Å². The third-order valence-corrected chi connectivity index (χ3v) is 2.71. The van der Waals surface area contributed by atoms with Crippen LogP contribution in [0.5, 0.6) is 0 Å². The van der Waals surface area contributed by atoms with Gasteiger partial charge in [0.2, 0.25) is 0 Å². The number of nitrogens with zero attached hydrogens (tertiary/aromatic N) is 2. The molecule has 1 amide bonds. The Morgan fingerprint density at radius 3 is 2.53 bits per heavy atom. The van der Waals surface area contributed by atoms with Crippen LogP contribution >= 0.6 is 0 Å². The Labute approximate surface area is 112 Å². The molecule has 0 fully saturated rings. The first-order valence-corrected chi connectivity index (χ1v) is 5.98. The molecule has 1 N–H and O–H groups in total. The lowest BCUT2D eigenvalue weighted by Gasteiger charge is -2.26. The second-order valence-electron chi connectivity index (χ2n) is 4.39. The van der Waals surface area contributed by atoms with Crippen molar-refractivity contribution in [2.24, 2.45) is 0 Å². The van der Waals surface area contributed by atoms with Crippen LogP contribution in [0.4, 0.5) is 0 Å². The summed E-state index contributed by atoms with van der Waals surface area (Å²) in [6.45, 7) is 4.05. The van der Waals surface area contributed by atoms with Gasteiger partial charge in [0, 0.05) is 18.2 Å². The zero-order valence-corrected chi connectivity index (χ0v) is 11.0. The third-order valence-electron chi connectivity index (χ3n) is 2.71. The lowest BCUT2D eigenvalue weighted by atomic mass is 10.1. The Balaban J connectivity index is 2.99. The topological polar surface area (TPSA) is 81.4 Å². The quantitative estimate of drug-likeness (QED) is 0.879. The molecule has 0 spiro atoms. The number of hydrogen-bond donors (Lipinski definition) is 1. The number of rotatable bonds is 5. The van der Waals surface area contributed by atoms with Gasteiger partial charge >= 0.3 is 5.97 Å². The van der Waals surface area contributed by atoms with E-state index in [2.05, 4.69) is 0 Å². The summed E-state index contributed by atoms with van der Waals surface area (Å²) in [7, 11) is 0. The van der Waals surface area contributed by atoms with Gasteiger partial charge in [-0.3, -0.25) is 4.79 Å². The predicted octanol–water partition coefficient (Wildman–Crippen LogP) is 2.15. The maximum atomic E-state index is 12.3. The van der Waals surface area contributed by atoms with Gasteiger partial charge in [0.1, 0.15) is 0 Å². The van der Waals surface area contributed by atoms with E-state index in [1.54, 1.807) is 17.0 Å². The molecule has 100 valence electrons. The van der Waals surface area contributed by atoms with Gasteiger partial charge in [-0.15, -0.1) is 0 Å². The van der Waals surface area contributed by atoms with Gasteiger partial charge in [-0.2, -0.15) is 5.26 Å². The highest BCUT2D eigenvalue weighted by molar-refractivity contribution is 5.97. The fraction of sp³-hybridized carbons (Fsp3) is 0.357. The maximum absolute atomic E-state index is 12.3. The first kappa shape index (κ1) is 14.7. The van der Waals surface area contributed by atoms with Crippen molar-refractivity contribution >= 4 is 11.9 Å². The number of carbonyl (C=O) groups excluding carboxylic acids is 1. The molecule has 0 unspecified atom stereocenters. The van der Waals surface area contributed by atoms with Gasteiger partial charge in [-0.05, 0) is 32.0 Å². The highest BCUT2D eigenvalue weighted by Crippen LogP contribution is 2.11. The highest BCUT2D eigenvalue weighted by Gasteiger charge is 2.19. The summed E-state index contributed by atoms with van der Waals surface area (Å²) >= 11 is 0. The van der Waals surface area contributed by atoms with Crippen LogP contribution in [0.15, 0.2) is 24.3 Å². The van der Waals surface area contributed by atoms with Gasteiger partial charge in [-0.1, -0.05) is 6.07 Å². The minimum Gasteiger partial charge on any atom is -0.478 e. The Kier molecular flexibility index (Phi) is 5.07. The molecule has 0 saturated heterocycles. The molecule has 0 heterocycles. The van der Waals surface area contributed by atoms with E-state index in [4.69, 9.17) is 10.4 Å². The van der Waals surface area contributed by atoms with Crippen molar-refractivity contribution in [2.75, 3.05) is 6.54 Å². The van der Waals surface area contributed by atoms with Crippen molar-refractivity contribution in [2.45, 2.75) is 26.3 Å². The molecule has 0 aliphatic carbocycles. The zero-order chi connectivity index (χ0) is 14.4. The average Bonchev–Trinajstić information content (AvgIpc) is 2.38. The summed E-state index contributed by atoms with van der Waals surface area (Å²) in [5.74, 6) is -1.32. The Hall–Kier alpha value is -2.35. The smallest absolute Gasteiger partial charge is 0.335 e. The van der Waals surface area contributed by atoms with Gasteiger partial charge in [-0.25, -0.2) is 4.79 Å². The molecule has 0 aliphatic rings. The molecule has 5 heteroatoms. The fourth-order valence-electron chi connectivity index (χ4n) is 1.72. The Morgan fingerprint density at radius 2 is 2.00 bits per heavy atom. The average molecular weight is 260 g/mol. The fourth-order valence-corrected chi connectivity index (χ4v) is 1.72. The Morgan fingerprint density at radius 1 is 1.37 bits per heavy atom. The number of amides is 1. The molecule has 0 aliphatic heterocycles. The van der Waals surface area contributed by atoms with Crippen molar-refractivity contribution in [3.8, 4) is 6.07 Å². The van der Waals surface area contributed by atoms with E-state index in [0.29, 0.717) is 12.1 Å². The van der Waals surface area contributed by atoms with Gasteiger partial charge < -0.3 is 10.0 Å². The monoisotopic (exact) mass is 260 g/mol. The summed E-state index contributed by atoms with van der Waals surface area (Å²) in [4.78, 5) is 24.7. The van der Waals surface area contributed by atoms with E-state index in [1.807, 2.05) is 19.9 Å². The number of aromatic carboxylic acids is 1. The van der Waals surface area contributed by atoms with E-state index in [0.717, 1.165) is 0 Å². The van der Waals surface area contributed by atoms with Crippen molar-refractivity contribution in [3.63, 3.8) is 0 Å². The molecule has 5 nitrogen and oxygen atoms in total. The van der Waals surface area contributed by atoms with Crippen LogP contribution in [0, 0.1) is 11.3 Å². The number of carboxylic acids is 1. The molecule has 1 aromatic carbocycles. The highest BCUT2D eigenvalue weighted by atomic mass is 16.4. The predicted molar refractivity (Wildman–Crippen MR) is 69.8 cm³/mol. The SMILES string of the molecule is CC(C)N(CCC#N)C(=O)c1cccc(C(=O)O)c1. The van der Waals surface area contributed by atoms with Crippen LogP contribution in [-0.4, -0.2) is 34.5 Å². The van der Waals surface area contributed by atoms with Crippen molar-refractivity contribution < 1.29 is 14.7 Å². The standard InChI is InChI=1S/C14H16N2O3/c1-10(2)16(8-4-7-15)13(17)11-5-3-6-12(9-11)14(18)19/h3,5-6,9-10H,4,8H2,1-2H3,(H,18,19). The van der Waals surface area contributed by atoms with Crippen LogP contribution in [0.3, 0.4) is 0 Å². The summed E-state index contributed by atoms with van der Waals surface area (Å²) < 4.78 is 0. The summed E-state index contributed by atoms with van der Waals surface area (Å²) in [5, 5.41) is 17.5. The molecule has 0 saturated carbocycles. The minimum atomic E-state index is -1.07. The lowest BCUT2D eigenvalue weighted by Crippen LogP contribution is -2.37. The molecule has 0 bridgehead atoms. The first-order valence-electron chi connectivity index (χ1n) is 5.98. The number of benzene rings is 1. The van der Waals surface area contributed by atoms with E-state index < -0.39 is 5.97 Å². The van der Waals surface area contributed by atoms with E-state index in [1.165, 1.54) is 12.1 Å². The number of hydrogen-bond acceptors (Lipinski definition) is 3. The molecule has 19 heavy (non-hydrogen) atoms. The third kappa shape index (κ3) is 3.81. The zero-order valence-electron chi connectivity index (χ0n) is 11.0. The summed E-state index contributed by atoms with van der Waals surface area (Å²) in [6, 6.07) is 7.87. The number of carboxylic acid groups (broad SMARTS) is 1. The van der Waals surface area contributed by atoms with Crippen LogP contribution in [0.1, 0.15) is 41.0 Å². The van der Waals surface area contributed by atoms with Gasteiger partial charge in [0.15, 0.2) is 0 Å². The van der Waals surface area contributed by atoms with Gasteiger partial charge in [0.05, 0.1) is 18.1 Å². The van der Waals surface area contributed by atoms with Crippen LogP contribution in [0.2, 0.25) is 0 Å². The number of carbonyl (C=O) groups is 2. The molecule has 0 aromatic heterocycles. The van der Waals surface area contributed by atoms with Crippen LogP contribution < -0.4 is 0 Å². The lowest BCUT2D eigenvalue weighted by molar-refractivity contribution is 0.0697. The maximum Gasteiger partial charge on any atom is 0.335 e. The van der Waals surface area contributed by atoms with Crippen molar-refractivity contribution in [3.05, 3.63) is 35.4 Å². The largest absolute Gasteiger partial charge is 0.478 e.